The van der Waals surface area contributed by atoms with Gasteiger partial charge in [0.2, 0.25) is 5.91 Å². The molecule has 5 heteroatoms. The Labute approximate surface area is 104 Å². The minimum Gasteiger partial charge on any atom is -0.456 e. The van der Waals surface area contributed by atoms with Crippen LogP contribution in [0.3, 0.4) is 0 Å². The van der Waals surface area contributed by atoms with Crippen LogP contribution >= 0.6 is 0 Å². The Morgan fingerprint density at radius 2 is 1.78 bits per heavy atom. The Morgan fingerprint density at radius 3 is 2.28 bits per heavy atom. The molecule has 1 heterocycles. The maximum absolute atomic E-state index is 10.9. The van der Waals surface area contributed by atoms with Gasteiger partial charge in [0.1, 0.15) is 11.5 Å². The zero-order valence-electron chi connectivity index (χ0n) is 9.67. The van der Waals surface area contributed by atoms with E-state index in [9.17, 15) is 4.79 Å². The average molecular weight is 243 g/mol. The summed E-state index contributed by atoms with van der Waals surface area (Å²) in [5.41, 5.74) is 11.8. The van der Waals surface area contributed by atoms with E-state index in [1.165, 1.54) is 0 Å². The van der Waals surface area contributed by atoms with Crippen molar-refractivity contribution in [3.05, 3.63) is 53.9 Å². The highest BCUT2D eigenvalue weighted by Gasteiger charge is 2.01. The van der Waals surface area contributed by atoms with Crippen LogP contribution in [0, 0.1) is 0 Å². The van der Waals surface area contributed by atoms with Gasteiger partial charge in [-0.05, 0) is 36.4 Å². The lowest BCUT2D eigenvalue weighted by Crippen LogP contribution is -2.10. The molecule has 1 amide bonds. The standard InChI is InChI=1S/C13H13N3O2/c14-7-10-3-6-12(8-16-10)18-11-4-1-9(2-5-11)13(15)17/h1-6,8H,7,14H2,(H2,15,17). The molecule has 0 saturated heterocycles. The molecule has 0 aliphatic carbocycles. The van der Waals surface area contributed by atoms with Crippen molar-refractivity contribution in [1.29, 1.82) is 0 Å². The number of aromatic nitrogens is 1. The summed E-state index contributed by atoms with van der Waals surface area (Å²) in [4.78, 5) is 15.0. The highest BCUT2D eigenvalue weighted by molar-refractivity contribution is 5.92. The van der Waals surface area contributed by atoms with Crippen molar-refractivity contribution in [3.8, 4) is 11.5 Å². The molecule has 0 aliphatic heterocycles. The summed E-state index contributed by atoms with van der Waals surface area (Å²) in [6.45, 7) is 0.396. The van der Waals surface area contributed by atoms with E-state index in [1.54, 1.807) is 42.6 Å². The third-order valence-corrected chi connectivity index (χ3v) is 2.38. The van der Waals surface area contributed by atoms with E-state index in [1.807, 2.05) is 0 Å². The van der Waals surface area contributed by atoms with Crippen LogP contribution in [0.25, 0.3) is 0 Å². The van der Waals surface area contributed by atoms with Gasteiger partial charge in [-0.1, -0.05) is 0 Å². The van der Waals surface area contributed by atoms with Crippen LogP contribution in [0.1, 0.15) is 16.1 Å². The van der Waals surface area contributed by atoms with E-state index in [0.29, 0.717) is 23.6 Å². The number of carbonyl (C=O) groups is 1. The first kappa shape index (κ1) is 12.1. The molecule has 5 nitrogen and oxygen atoms in total. The molecule has 92 valence electrons. The maximum Gasteiger partial charge on any atom is 0.248 e. The molecule has 18 heavy (non-hydrogen) atoms. The van der Waals surface area contributed by atoms with Crippen LogP contribution in [0.4, 0.5) is 0 Å². The van der Waals surface area contributed by atoms with Crippen LogP contribution in [0.15, 0.2) is 42.6 Å². The van der Waals surface area contributed by atoms with Crippen LogP contribution in [0.5, 0.6) is 11.5 Å². The number of benzene rings is 1. The van der Waals surface area contributed by atoms with Gasteiger partial charge in [0, 0.05) is 12.1 Å². The van der Waals surface area contributed by atoms with Crippen LogP contribution in [-0.2, 0) is 6.54 Å². The lowest BCUT2D eigenvalue weighted by Gasteiger charge is -2.06. The Morgan fingerprint density at radius 1 is 1.11 bits per heavy atom. The zero-order chi connectivity index (χ0) is 13.0. The number of primary amides is 1. The summed E-state index contributed by atoms with van der Waals surface area (Å²) in [6, 6.07) is 10.2. The topological polar surface area (TPSA) is 91.2 Å². The summed E-state index contributed by atoms with van der Waals surface area (Å²) < 4.78 is 5.56. The Kier molecular flexibility index (Phi) is 3.54. The molecule has 2 rings (SSSR count). The van der Waals surface area contributed by atoms with Gasteiger partial charge in [-0.2, -0.15) is 0 Å². The highest BCUT2D eigenvalue weighted by atomic mass is 16.5. The number of amides is 1. The maximum atomic E-state index is 10.9. The molecular formula is C13H13N3O2. The largest absolute Gasteiger partial charge is 0.456 e. The lowest BCUT2D eigenvalue weighted by molar-refractivity contribution is 0.100. The van der Waals surface area contributed by atoms with E-state index < -0.39 is 5.91 Å². The molecule has 4 N–H and O–H groups in total. The number of pyridine rings is 1. The quantitative estimate of drug-likeness (QED) is 0.849. The number of carbonyl (C=O) groups excluding carboxylic acids is 1. The van der Waals surface area contributed by atoms with E-state index in [-0.39, 0.29) is 0 Å². The van der Waals surface area contributed by atoms with Gasteiger partial charge in [-0.15, -0.1) is 0 Å². The first-order chi connectivity index (χ1) is 8.69. The third kappa shape index (κ3) is 2.83. The molecule has 1 aromatic heterocycles. The first-order valence-corrected chi connectivity index (χ1v) is 5.42. The SMILES string of the molecule is NCc1ccc(Oc2ccc(C(N)=O)cc2)cn1. The molecule has 0 saturated carbocycles. The van der Waals surface area contributed by atoms with E-state index in [2.05, 4.69) is 4.98 Å². The van der Waals surface area contributed by atoms with Crippen LogP contribution in [0.2, 0.25) is 0 Å². The highest BCUT2D eigenvalue weighted by Crippen LogP contribution is 2.20. The Balaban J connectivity index is 2.10. The lowest BCUT2D eigenvalue weighted by atomic mass is 10.2. The molecule has 0 spiro atoms. The monoisotopic (exact) mass is 243 g/mol. The minimum atomic E-state index is -0.462. The van der Waals surface area contributed by atoms with Gasteiger partial charge in [0.05, 0.1) is 11.9 Å². The first-order valence-electron chi connectivity index (χ1n) is 5.42. The zero-order valence-corrected chi connectivity index (χ0v) is 9.67. The molecule has 2 aromatic rings. The predicted molar refractivity (Wildman–Crippen MR) is 67.2 cm³/mol. The average Bonchev–Trinajstić information content (AvgIpc) is 2.40. The number of nitrogens with zero attached hydrogens (tertiary/aromatic N) is 1. The number of rotatable bonds is 4. The van der Waals surface area contributed by atoms with Crippen molar-refractivity contribution in [2.24, 2.45) is 11.5 Å². The summed E-state index contributed by atoms with van der Waals surface area (Å²) in [5, 5.41) is 0. The summed E-state index contributed by atoms with van der Waals surface area (Å²) in [7, 11) is 0. The van der Waals surface area contributed by atoms with Crippen LogP contribution < -0.4 is 16.2 Å². The molecule has 1 aromatic carbocycles. The summed E-state index contributed by atoms with van der Waals surface area (Å²) >= 11 is 0. The Hall–Kier alpha value is -2.40. The van der Waals surface area contributed by atoms with Crippen LogP contribution in [-0.4, -0.2) is 10.9 Å². The minimum absolute atomic E-state index is 0.396. The van der Waals surface area contributed by atoms with Crippen molar-refractivity contribution in [2.45, 2.75) is 6.54 Å². The molecule has 0 bridgehead atoms. The van der Waals surface area contributed by atoms with Gasteiger partial charge in [0.25, 0.3) is 0 Å². The van der Waals surface area contributed by atoms with Crippen molar-refractivity contribution in [3.63, 3.8) is 0 Å². The number of ether oxygens (including phenoxy) is 1. The van der Waals surface area contributed by atoms with Crippen molar-refractivity contribution in [2.75, 3.05) is 0 Å². The molecule has 0 unspecified atom stereocenters. The van der Waals surface area contributed by atoms with Gasteiger partial charge in [-0.3, -0.25) is 9.78 Å². The smallest absolute Gasteiger partial charge is 0.248 e. The molecule has 0 fully saturated rings. The van der Waals surface area contributed by atoms with Crippen molar-refractivity contribution in [1.82, 2.24) is 4.98 Å². The predicted octanol–water partition coefficient (Wildman–Crippen LogP) is 1.43. The number of hydrogen-bond donors (Lipinski definition) is 2. The number of nitrogens with two attached hydrogens (primary N) is 2. The van der Waals surface area contributed by atoms with E-state index in [0.717, 1.165) is 5.69 Å². The van der Waals surface area contributed by atoms with Crippen molar-refractivity contribution < 1.29 is 9.53 Å². The molecule has 0 radical (unpaired) electrons. The fraction of sp³-hybridized carbons (Fsp3) is 0.0769. The molecule has 0 atom stereocenters. The second-order valence-electron chi connectivity index (χ2n) is 3.68. The molecular weight excluding hydrogens is 230 g/mol. The van der Waals surface area contributed by atoms with Gasteiger partial charge >= 0.3 is 0 Å². The summed E-state index contributed by atoms with van der Waals surface area (Å²) in [6.07, 6.45) is 1.60. The molecule has 0 aliphatic rings. The fourth-order valence-electron chi connectivity index (χ4n) is 1.42. The van der Waals surface area contributed by atoms with Crippen molar-refractivity contribution >= 4 is 5.91 Å². The third-order valence-electron chi connectivity index (χ3n) is 2.38. The second-order valence-corrected chi connectivity index (χ2v) is 3.68. The summed E-state index contributed by atoms with van der Waals surface area (Å²) in [5.74, 6) is 0.761. The van der Waals surface area contributed by atoms with E-state index in [4.69, 9.17) is 16.2 Å². The van der Waals surface area contributed by atoms with Gasteiger partial charge < -0.3 is 16.2 Å². The Bertz CT molecular complexity index is 535. The van der Waals surface area contributed by atoms with Gasteiger partial charge in [-0.25, -0.2) is 0 Å². The van der Waals surface area contributed by atoms with E-state index >= 15 is 0 Å². The second kappa shape index (κ2) is 5.29. The fourth-order valence-corrected chi connectivity index (χ4v) is 1.42. The number of hydrogen-bond acceptors (Lipinski definition) is 4. The normalized spacial score (nSPS) is 10.1. The van der Waals surface area contributed by atoms with Gasteiger partial charge in [0.15, 0.2) is 0 Å².